The molecule has 0 bridgehead atoms. The van der Waals surface area contributed by atoms with Crippen LogP contribution in [0.2, 0.25) is 0 Å². The first-order valence-corrected chi connectivity index (χ1v) is 9.80. The van der Waals surface area contributed by atoms with Crippen LogP contribution in [0.1, 0.15) is 18.9 Å². The van der Waals surface area contributed by atoms with E-state index in [0.717, 1.165) is 16.7 Å². The molecule has 30 heavy (non-hydrogen) atoms. The molecule has 1 heterocycles. The SMILES string of the molecule is CCC(Oc1ccc(/C=C2/SC(=O)N(c3ccc(O)cc3)C2=O)cc1OC)C(=O)O. The number of hydrogen-bond acceptors (Lipinski definition) is 7. The van der Waals surface area contributed by atoms with Crippen LogP contribution in [0.25, 0.3) is 6.08 Å². The maximum Gasteiger partial charge on any atom is 0.344 e. The van der Waals surface area contributed by atoms with E-state index in [-0.39, 0.29) is 22.8 Å². The molecule has 2 aromatic carbocycles. The third kappa shape index (κ3) is 4.41. The van der Waals surface area contributed by atoms with Crippen molar-refractivity contribution in [2.75, 3.05) is 12.0 Å². The van der Waals surface area contributed by atoms with Crippen molar-refractivity contribution in [1.82, 2.24) is 0 Å². The van der Waals surface area contributed by atoms with Crippen LogP contribution in [0.5, 0.6) is 17.2 Å². The van der Waals surface area contributed by atoms with E-state index < -0.39 is 23.2 Å². The van der Waals surface area contributed by atoms with Crippen molar-refractivity contribution in [3.05, 3.63) is 52.9 Å². The Bertz CT molecular complexity index is 1020. The van der Waals surface area contributed by atoms with Gasteiger partial charge < -0.3 is 19.7 Å². The number of thioether (sulfide) groups is 1. The number of carboxylic acids is 1. The van der Waals surface area contributed by atoms with E-state index in [0.29, 0.717) is 17.0 Å². The molecule has 3 rings (SSSR count). The van der Waals surface area contributed by atoms with E-state index in [1.165, 1.54) is 31.4 Å². The average Bonchev–Trinajstić information content (AvgIpc) is 3.00. The molecule has 0 radical (unpaired) electrons. The monoisotopic (exact) mass is 429 g/mol. The number of anilines is 1. The highest BCUT2D eigenvalue weighted by atomic mass is 32.2. The highest BCUT2D eigenvalue weighted by Crippen LogP contribution is 2.37. The smallest absolute Gasteiger partial charge is 0.344 e. The van der Waals surface area contributed by atoms with Crippen LogP contribution in [0.4, 0.5) is 10.5 Å². The van der Waals surface area contributed by atoms with Crippen LogP contribution in [0.15, 0.2) is 47.4 Å². The fraction of sp³-hybridized carbons (Fsp3) is 0.190. The molecule has 0 aromatic heterocycles. The number of carboxylic acid groups (broad SMARTS) is 1. The van der Waals surface area contributed by atoms with Gasteiger partial charge in [0.1, 0.15) is 5.75 Å². The number of imide groups is 1. The van der Waals surface area contributed by atoms with Crippen LogP contribution < -0.4 is 14.4 Å². The summed E-state index contributed by atoms with van der Waals surface area (Å²) in [6, 6.07) is 10.5. The number of ether oxygens (including phenoxy) is 2. The molecule has 1 atom stereocenters. The van der Waals surface area contributed by atoms with Gasteiger partial charge in [-0.15, -0.1) is 0 Å². The number of carbonyl (C=O) groups excluding carboxylic acids is 2. The molecule has 2 amide bonds. The lowest BCUT2D eigenvalue weighted by molar-refractivity contribution is -0.145. The van der Waals surface area contributed by atoms with E-state index in [4.69, 9.17) is 14.6 Å². The Balaban J connectivity index is 1.86. The Morgan fingerprint density at radius 3 is 2.47 bits per heavy atom. The number of phenolic OH excluding ortho intramolecular Hbond substituents is 1. The fourth-order valence-corrected chi connectivity index (χ4v) is 3.62. The summed E-state index contributed by atoms with van der Waals surface area (Å²) in [6.07, 6.45) is 0.822. The topological polar surface area (TPSA) is 113 Å². The molecule has 2 aromatic rings. The summed E-state index contributed by atoms with van der Waals surface area (Å²) in [5.41, 5.74) is 0.943. The third-order valence-corrected chi connectivity index (χ3v) is 5.17. The lowest BCUT2D eigenvalue weighted by Gasteiger charge is -2.16. The minimum atomic E-state index is -1.08. The number of phenols is 1. The molecule has 0 aliphatic carbocycles. The summed E-state index contributed by atoms with van der Waals surface area (Å²) in [5, 5.41) is 18.1. The largest absolute Gasteiger partial charge is 0.508 e. The second-order valence-electron chi connectivity index (χ2n) is 6.30. The van der Waals surface area contributed by atoms with Gasteiger partial charge >= 0.3 is 5.97 Å². The minimum absolute atomic E-state index is 0.0314. The molecule has 1 fully saturated rings. The lowest BCUT2D eigenvalue weighted by atomic mass is 10.1. The van der Waals surface area contributed by atoms with Crippen molar-refractivity contribution in [2.45, 2.75) is 19.4 Å². The summed E-state index contributed by atoms with van der Waals surface area (Å²) in [5.74, 6) is -0.954. The predicted molar refractivity (Wildman–Crippen MR) is 112 cm³/mol. The van der Waals surface area contributed by atoms with Gasteiger partial charge in [-0.1, -0.05) is 13.0 Å². The summed E-state index contributed by atoms with van der Waals surface area (Å²) in [6.45, 7) is 1.70. The van der Waals surface area contributed by atoms with Gasteiger partial charge in [0.15, 0.2) is 17.6 Å². The number of hydrogen-bond donors (Lipinski definition) is 2. The Labute approximate surface area is 176 Å². The first-order valence-electron chi connectivity index (χ1n) is 8.98. The van der Waals surface area contributed by atoms with Crippen molar-refractivity contribution in [3.63, 3.8) is 0 Å². The lowest BCUT2D eigenvalue weighted by Crippen LogP contribution is -2.27. The normalized spacial score (nSPS) is 16.1. The van der Waals surface area contributed by atoms with E-state index in [1.807, 2.05) is 0 Å². The number of aliphatic carboxylic acids is 1. The molecule has 8 nitrogen and oxygen atoms in total. The number of benzene rings is 2. The zero-order valence-electron chi connectivity index (χ0n) is 16.2. The number of nitrogens with zero attached hydrogens (tertiary/aromatic N) is 1. The van der Waals surface area contributed by atoms with Gasteiger partial charge in [0.2, 0.25) is 0 Å². The summed E-state index contributed by atoms with van der Waals surface area (Å²) >= 11 is 0.798. The molecular weight excluding hydrogens is 410 g/mol. The van der Waals surface area contributed by atoms with Gasteiger partial charge in [-0.25, -0.2) is 9.69 Å². The van der Waals surface area contributed by atoms with Crippen LogP contribution in [-0.2, 0) is 9.59 Å². The second-order valence-corrected chi connectivity index (χ2v) is 7.29. The van der Waals surface area contributed by atoms with Gasteiger partial charge in [0, 0.05) is 0 Å². The van der Waals surface area contributed by atoms with E-state index in [9.17, 15) is 19.5 Å². The zero-order chi connectivity index (χ0) is 21.8. The van der Waals surface area contributed by atoms with E-state index >= 15 is 0 Å². The Hall–Kier alpha value is -3.46. The van der Waals surface area contributed by atoms with E-state index in [1.54, 1.807) is 31.2 Å². The number of aromatic hydroxyl groups is 1. The van der Waals surface area contributed by atoms with Gasteiger partial charge in [0.05, 0.1) is 17.7 Å². The highest BCUT2D eigenvalue weighted by molar-refractivity contribution is 8.19. The maximum atomic E-state index is 12.7. The first-order chi connectivity index (χ1) is 14.3. The molecule has 0 spiro atoms. The average molecular weight is 429 g/mol. The van der Waals surface area contributed by atoms with E-state index in [2.05, 4.69) is 0 Å². The van der Waals surface area contributed by atoms with Crippen LogP contribution in [0, 0.1) is 0 Å². The molecule has 9 heteroatoms. The van der Waals surface area contributed by atoms with Crippen LogP contribution in [-0.4, -0.2) is 40.5 Å². The van der Waals surface area contributed by atoms with Crippen LogP contribution in [0.3, 0.4) is 0 Å². The van der Waals surface area contributed by atoms with Crippen LogP contribution >= 0.6 is 11.8 Å². The number of rotatable bonds is 7. The summed E-state index contributed by atoms with van der Waals surface area (Å²) in [7, 11) is 1.42. The zero-order valence-corrected chi connectivity index (χ0v) is 17.0. The van der Waals surface area contributed by atoms with Gasteiger partial charge in [0.25, 0.3) is 11.1 Å². The Morgan fingerprint density at radius 1 is 1.17 bits per heavy atom. The molecule has 1 aliphatic rings. The predicted octanol–water partition coefficient (Wildman–Crippen LogP) is 3.88. The quantitative estimate of drug-likeness (QED) is 0.638. The van der Waals surface area contributed by atoms with Crippen molar-refractivity contribution in [2.24, 2.45) is 0 Å². The maximum absolute atomic E-state index is 12.7. The Morgan fingerprint density at radius 2 is 1.87 bits per heavy atom. The molecule has 1 aliphatic heterocycles. The molecule has 0 saturated carbocycles. The van der Waals surface area contributed by atoms with Crippen molar-refractivity contribution < 1.29 is 34.1 Å². The van der Waals surface area contributed by atoms with Crippen molar-refractivity contribution >= 4 is 40.6 Å². The molecule has 2 N–H and O–H groups in total. The van der Waals surface area contributed by atoms with Gasteiger partial charge in [-0.05, 0) is 66.2 Å². The summed E-state index contributed by atoms with van der Waals surface area (Å²) in [4.78, 5) is 37.5. The first kappa shape index (κ1) is 21.3. The molecule has 156 valence electrons. The van der Waals surface area contributed by atoms with Crippen molar-refractivity contribution in [3.8, 4) is 17.2 Å². The van der Waals surface area contributed by atoms with Gasteiger partial charge in [-0.3, -0.25) is 9.59 Å². The number of amides is 2. The minimum Gasteiger partial charge on any atom is -0.508 e. The molecular formula is C21H19NO7S. The standard InChI is InChI=1S/C21H19NO7S/c1-3-15(20(25)26)29-16-9-4-12(10-17(16)28-2)11-18-19(24)22(21(27)30-18)13-5-7-14(23)8-6-13/h4-11,15,23H,3H2,1-2H3,(H,25,26)/b18-11+. The Kier molecular flexibility index (Phi) is 6.31. The highest BCUT2D eigenvalue weighted by Gasteiger charge is 2.36. The third-order valence-electron chi connectivity index (χ3n) is 4.30. The fourth-order valence-electron chi connectivity index (χ4n) is 2.78. The second kappa shape index (κ2) is 8.91. The molecule has 1 unspecified atom stereocenters. The van der Waals surface area contributed by atoms with Gasteiger partial charge in [-0.2, -0.15) is 0 Å². The summed E-state index contributed by atoms with van der Waals surface area (Å²) < 4.78 is 10.8. The van der Waals surface area contributed by atoms with Crippen molar-refractivity contribution in [1.29, 1.82) is 0 Å². The number of methoxy groups -OCH3 is 1. The molecule has 1 saturated heterocycles. The number of carbonyl (C=O) groups is 3.